The van der Waals surface area contributed by atoms with E-state index in [-0.39, 0.29) is 5.92 Å². The number of benzene rings is 1. The molecule has 1 saturated carbocycles. The van der Waals surface area contributed by atoms with Crippen LogP contribution in [0.4, 0.5) is 13.2 Å². The molecule has 18 heavy (non-hydrogen) atoms. The first-order valence-electron chi connectivity index (χ1n) is 5.71. The normalized spacial score (nSPS) is 18.2. The third kappa shape index (κ3) is 2.69. The molecule has 0 unspecified atom stereocenters. The first kappa shape index (κ1) is 13.0. The molecule has 2 rings (SSSR count). The van der Waals surface area contributed by atoms with Crippen LogP contribution >= 0.6 is 0 Å². The van der Waals surface area contributed by atoms with Crippen molar-refractivity contribution in [2.24, 2.45) is 11.7 Å². The molecular formula is C12H14F3NO2. The maximum atomic E-state index is 12.1. The Morgan fingerprint density at radius 1 is 1.33 bits per heavy atom. The first-order valence-corrected chi connectivity index (χ1v) is 5.71. The van der Waals surface area contributed by atoms with E-state index in [0.717, 1.165) is 25.3 Å². The summed E-state index contributed by atoms with van der Waals surface area (Å²) in [4.78, 5) is 0. The zero-order chi connectivity index (χ0) is 13.3. The predicted molar refractivity (Wildman–Crippen MR) is 59.1 cm³/mol. The van der Waals surface area contributed by atoms with Crippen LogP contribution in [0.3, 0.4) is 0 Å². The standard InChI is InChI=1S/C12H14F3NO2/c13-12(14,15)18-9-6-2-5-8(11(9)17)10(16)7-3-1-4-7/h2,5-7,10,17H,1,3-4,16H2/t10-/m1/s1. The molecule has 1 aromatic rings. The SMILES string of the molecule is N[C@@H](c1cccc(OC(F)(F)F)c1O)C1CCC1. The van der Waals surface area contributed by atoms with E-state index < -0.39 is 23.9 Å². The Morgan fingerprint density at radius 3 is 2.50 bits per heavy atom. The maximum Gasteiger partial charge on any atom is 0.573 e. The number of hydrogen-bond acceptors (Lipinski definition) is 3. The number of alkyl halides is 3. The minimum atomic E-state index is -4.82. The highest BCUT2D eigenvalue weighted by atomic mass is 19.4. The second-order valence-electron chi connectivity index (χ2n) is 4.46. The molecule has 100 valence electrons. The molecule has 1 atom stereocenters. The highest BCUT2D eigenvalue weighted by molar-refractivity contribution is 5.47. The van der Waals surface area contributed by atoms with E-state index in [0.29, 0.717) is 5.56 Å². The molecule has 0 bridgehead atoms. The molecule has 3 nitrogen and oxygen atoms in total. The van der Waals surface area contributed by atoms with E-state index >= 15 is 0 Å². The van der Waals surface area contributed by atoms with Gasteiger partial charge in [0.15, 0.2) is 11.5 Å². The molecule has 0 saturated heterocycles. The van der Waals surface area contributed by atoms with Gasteiger partial charge in [0.25, 0.3) is 0 Å². The van der Waals surface area contributed by atoms with Gasteiger partial charge in [-0.1, -0.05) is 18.6 Å². The van der Waals surface area contributed by atoms with Crippen LogP contribution in [0.25, 0.3) is 0 Å². The van der Waals surface area contributed by atoms with E-state index in [1.165, 1.54) is 12.1 Å². The number of halogens is 3. The van der Waals surface area contributed by atoms with Gasteiger partial charge in [-0.2, -0.15) is 0 Å². The average Bonchev–Trinajstić information content (AvgIpc) is 2.16. The summed E-state index contributed by atoms with van der Waals surface area (Å²) in [5.74, 6) is -0.902. The number of hydrogen-bond donors (Lipinski definition) is 2. The Hall–Kier alpha value is -1.43. The highest BCUT2D eigenvalue weighted by Gasteiger charge is 2.34. The van der Waals surface area contributed by atoms with Crippen LogP contribution in [0, 0.1) is 5.92 Å². The summed E-state index contributed by atoms with van der Waals surface area (Å²) < 4.78 is 40.1. The number of phenolic OH excluding ortho intramolecular Hbond substituents is 1. The summed E-state index contributed by atoms with van der Waals surface area (Å²) in [6, 6.07) is 3.55. The van der Waals surface area contributed by atoms with Crippen LogP contribution in [0.15, 0.2) is 18.2 Å². The van der Waals surface area contributed by atoms with Gasteiger partial charge in [-0.25, -0.2) is 0 Å². The van der Waals surface area contributed by atoms with E-state index in [1.807, 2.05) is 0 Å². The van der Waals surface area contributed by atoms with Crippen molar-refractivity contribution in [2.45, 2.75) is 31.7 Å². The second-order valence-corrected chi connectivity index (χ2v) is 4.46. The molecular weight excluding hydrogens is 247 g/mol. The van der Waals surface area contributed by atoms with Crippen molar-refractivity contribution in [3.8, 4) is 11.5 Å². The van der Waals surface area contributed by atoms with Crippen LogP contribution in [-0.2, 0) is 0 Å². The highest BCUT2D eigenvalue weighted by Crippen LogP contribution is 2.42. The predicted octanol–water partition coefficient (Wildman–Crippen LogP) is 3.09. The average molecular weight is 261 g/mol. The third-order valence-corrected chi connectivity index (χ3v) is 3.27. The molecule has 0 aromatic heterocycles. The fourth-order valence-corrected chi connectivity index (χ4v) is 2.07. The number of para-hydroxylation sites is 1. The molecule has 0 amide bonds. The van der Waals surface area contributed by atoms with Gasteiger partial charge in [-0.3, -0.25) is 0 Å². The Kier molecular flexibility index (Phi) is 3.38. The quantitative estimate of drug-likeness (QED) is 0.879. The Morgan fingerprint density at radius 2 is 2.00 bits per heavy atom. The fraction of sp³-hybridized carbons (Fsp3) is 0.500. The van der Waals surface area contributed by atoms with Crippen molar-refractivity contribution in [3.63, 3.8) is 0 Å². The lowest BCUT2D eigenvalue weighted by Gasteiger charge is -2.32. The molecule has 0 heterocycles. The lowest BCUT2D eigenvalue weighted by atomic mass is 9.77. The number of ether oxygens (including phenoxy) is 1. The van der Waals surface area contributed by atoms with Crippen molar-refractivity contribution in [1.82, 2.24) is 0 Å². The summed E-state index contributed by atoms with van der Waals surface area (Å²) in [6.07, 6.45) is -1.88. The molecule has 1 aliphatic carbocycles. The van der Waals surface area contributed by atoms with Gasteiger partial charge >= 0.3 is 6.36 Å². The lowest BCUT2D eigenvalue weighted by molar-refractivity contribution is -0.275. The monoisotopic (exact) mass is 261 g/mol. The molecule has 0 spiro atoms. The van der Waals surface area contributed by atoms with Crippen molar-refractivity contribution in [3.05, 3.63) is 23.8 Å². The largest absolute Gasteiger partial charge is 0.573 e. The van der Waals surface area contributed by atoms with Gasteiger partial charge in [-0.05, 0) is 24.8 Å². The first-order chi connectivity index (χ1) is 8.38. The van der Waals surface area contributed by atoms with Gasteiger partial charge in [0.1, 0.15) is 0 Å². The van der Waals surface area contributed by atoms with Crippen LogP contribution in [0.5, 0.6) is 11.5 Å². The van der Waals surface area contributed by atoms with E-state index in [1.54, 1.807) is 0 Å². The van der Waals surface area contributed by atoms with Crippen molar-refractivity contribution in [2.75, 3.05) is 0 Å². The summed E-state index contributed by atoms with van der Waals surface area (Å²) >= 11 is 0. The molecule has 0 radical (unpaired) electrons. The van der Waals surface area contributed by atoms with Gasteiger partial charge in [0.2, 0.25) is 0 Å². The van der Waals surface area contributed by atoms with Crippen LogP contribution in [0.1, 0.15) is 30.9 Å². The summed E-state index contributed by atoms with van der Waals surface area (Å²) in [5.41, 5.74) is 6.24. The van der Waals surface area contributed by atoms with Crippen LogP contribution < -0.4 is 10.5 Å². The fourth-order valence-electron chi connectivity index (χ4n) is 2.07. The van der Waals surface area contributed by atoms with Gasteiger partial charge in [-0.15, -0.1) is 13.2 Å². The van der Waals surface area contributed by atoms with Crippen molar-refractivity contribution < 1.29 is 23.0 Å². The van der Waals surface area contributed by atoms with Gasteiger partial charge in [0, 0.05) is 11.6 Å². The number of aromatic hydroxyl groups is 1. The Balaban J connectivity index is 2.23. The van der Waals surface area contributed by atoms with Crippen LogP contribution in [0.2, 0.25) is 0 Å². The number of nitrogens with two attached hydrogens (primary N) is 1. The topological polar surface area (TPSA) is 55.5 Å². The maximum absolute atomic E-state index is 12.1. The molecule has 6 heteroatoms. The molecule has 0 aliphatic heterocycles. The molecule has 3 N–H and O–H groups in total. The summed E-state index contributed by atoms with van der Waals surface area (Å²) in [5, 5.41) is 9.79. The summed E-state index contributed by atoms with van der Waals surface area (Å²) in [6.45, 7) is 0. The van der Waals surface area contributed by atoms with Gasteiger partial charge < -0.3 is 15.6 Å². The lowest BCUT2D eigenvalue weighted by Crippen LogP contribution is -2.27. The Bertz CT molecular complexity index is 430. The number of rotatable bonds is 3. The van der Waals surface area contributed by atoms with Crippen LogP contribution in [-0.4, -0.2) is 11.5 Å². The third-order valence-electron chi connectivity index (χ3n) is 3.27. The smallest absolute Gasteiger partial charge is 0.504 e. The number of phenols is 1. The van der Waals surface area contributed by atoms with Gasteiger partial charge in [0.05, 0.1) is 0 Å². The molecule has 1 aromatic carbocycles. The van der Waals surface area contributed by atoms with E-state index in [4.69, 9.17) is 5.73 Å². The Labute approximate surface area is 102 Å². The van der Waals surface area contributed by atoms with Crippen molar-refractivity contribution >= 4 is 0 Å². The minimum absolute atomic E-state index is 0.219. The van der Waals surface area contributed by atoms with E-state index in [9.17, 15) is 18.3 Å². The molecule has 1 aliphatic rings. The second kappa shape index (κ2) is 4.68. The van der Waals surface area contributed by atoms with E-state index in [2.05, 4.69) is 4.74 Å². The zero-order valence-corrected chi connectivity index (χ0v) is 9.57. The summed E-state index contributed by atoms with van der Waals surface area (Å²) in [7, 11) is 0. The minimum Gasteiger partial charge on any atom is -0.504 e. The molecule has 1 fully saturated rings. The van der Waals surface area contributed by atoms with Crippen molar-refractivity contribution in [1.29, 1.82) is 0 Å². The zero-order valence-electron chi connectivity index (χ0n) is 9.57.